The molecule has 1 aromatic carbocycles. The number of carboxylic acids is 1. The minimum absolute atomic E-state index is 0.0102. The normalized spacial score (nSPS) is 11.2. The summed E-state index contributed by atoms with van der Waals surface area (Å²) < 4.78 is 27.5. The number of aliphatic carboxylic acids is 1. The smallest absolute Gasteiger partial charge is 0.325 e. The molecule has 2 aromatic rings. The van der Waals surface area contributed by atoms with Crippen molar-refractivity contribution in [1.29, 1.82) is 0 Å². The Bertz CT molecular complexity index is 742. The second-order valence-electron chi connectivity index (χ2n) is 3.88. The highest BCUT2D eigenvalue weighted by Gasteiger charge is 2.15. The molecule has 0 unspecified atom stereocenters. The van der Waals surface area contributed by atoms with E-state index in [9.17, 15) is 13.2 Å². The second-order valence-corrected chi connectivity index (χ2v) is 6.00. The van der Waals surface area contributed by atoms with Crippen LogP contribution in [0.5, 0.6) is 0 Å². The lowest BCUT2D eigenvalue weighted by atomic mass is 10.4. The average molecular weight is 316 g/mol. The Labute approximate surface area is 119 Å². The van der Waals surface area contributed by atoms with Gasteiger partial charge in [0.25, 0.3) is 10.0 Å². The van der Waals surface area contributed by atoms with Crippen LogP contribution in [0.3, 0.4) is 0 Å². The number of aromatic nitrogens is 2. The van der Waals surface area contributed by atoms with Crippen molar-refractivity contribution in [2.24, 2.45) is 0 Å². The molecule has 1 heterocycles. The fourth-order valence-electron chi connectivity index (χ4n) is 1.49. The van der Waals surface area contributed by atoms with Gasteiger partial charge in [-0.3, -0.25) is 14.2 Å². The minimum Gasteiger partial charge on any atom is -0.480 e. The molecule has 2 rings (SSSR count). The lowest BCUT2D eigenvalue weighted by molar-refractivity contribution is -0.137. The van der Waals surface area contributed by atoms with E-state index in [1.807, 2.05) is 0 Å². The Balaban J connectivity index is 2.20. The molecular weight excluding hydrogens is 306 g/mol. The molecule has 0 fully saturated rings. The second kappa shape index (κ2) is 5.51. The van der Waals surface area contributed by atoms with Gasteiger partial charge in [-0.2, -0.15) is 5.10 Å². The van der Waals surface area contributed by atoms with Gasteiger partial charge in [-0.25, -0.2) is 8.42 Å². The van der Waals surface area contributed by atoms with E-state index < -0.39 is 16.0 Å². The number of carboxylic acid groups (broad SMARTS) is 1. The van der Waals surface area contributed by atoms with Gasteiger partial charge in [0.15, 0.2) is 0 Å². The lowest BCUT2D eigenvalue weighted by Crippen LogP contribution is -2.12. The van der Waals surface area contributed by atoms with Gasteiger partial charge in [0.05, 0.1) is 16.8 Å². The third-order valence-corrected chi connectivity index (χ3v) is 3.90. The molecule has 1 aromatic heterocycles. The van der Waals surface area contributed by atoms with Crippen LogP contribution < -0.4 is 4.72 Å². The van der Waals surface area contributed by atoms with Crippen LogP contribution in [0.1, 0.15) is 0 Å². The largest absolute Gasteiger partial charge is 0.480 e. The van der Waals surface area contributed by atoms with E-state index in [1.165, 1.54) is 30.6 Å². The molecule has 20 heavy (non-hydrogen) atoms. The summed E-state index contributed by atoms with van der Waals surface area (Å²) in [5.41, 5.74) is 0.172. The Morgan fingerprint density at radius 2 is 2.20 bits per heavy atom. The summed E-state index contributed by atoms with van der Waals surface area (Å²) in [4.78, 5) is 10.5. The van der Waals surface area contributed by atoms with E-state index in [4.69, 9.17) is 16.7 Å². The Morgan fingerprint density at radius 1 is 1.45 bits per heavy atom. The van der Waals surface area contributed by atoms with Gasteiger partial charge in [0, 0.05) is 11.2 Å². The number of nitrogens with one attached hydrogen (secondary N) is 1. The zero-order valence-electron chi connectivity index (χ0n) is 10.0. The molecule has 2 N–H and O–H groups in total. The molecular formula is C11H10ClN3O4S. The maximum absolute atomic E-state index is 12.1. The lowest BCUT2D eigenvalue weighted by Gasteiger charge is -2.05. The Hall–Kier alpha value is -2.06. The number of hydrogen-bond acceptors (Lipinski definition) is 4. The Kier molecular flexibility index (Phi) is 3.96. The summed E-state index contributed by atoms with van der Waals surface area (Å²) in [5, 5.41) is 12.6. The fraction of sp³-hybridized carbons (Fsp3) is 0.0909. The SMILES string of the molecule is O=C(O)Cn1cc(NS(=O)(=O)c2cccc(Cl)c2)cn1. The summed E-state index contributed by atoms with van der Waals surface area (Å²) in [7, 11) is -3.79. The zero-order valence-corrected chi connectivity index (χ0v) is 11.6. The molecule has 0 saturated heterocycles. The standard InChI is InChI=1S/C11H10ClN3O4S/c12-8-2-1-3-10(4-8)20(18,19)14-9-5-13-15(6-9)7-11(16)17/h1-6,14H,7H2,(H,16,17). The van der Waals surface area contributed by atoms with Crippen molar-refractivity contribution < 1.29 is 18.3 Å². The number of anilines is 1. The van der Waals surface area contributed by atoms with E-state index in [1.54, 1.807) is 6.07 Å². The summed E-state index contributed by atoms with van der Waals surface area (Å²) in [6.45, 7) is -0.348. The number of carbonyl (C=O) groups is 1. The number of benzene rings is 1. The third kappa shape index (κ3) is 3.49. The third-order valence-electron chi connectivity index (χ3n) is 2.29. The monoisotopic (exact) mass is 315 g/mol. The van der Waals surface area contributed by atoms with Gasteiger partial charge in [-0.15, -0.1) is 0 Å². The number of halogens is 1. The first-order chi connectivity index (χ1) is 9.37. The highest BCUT2D eigenvalue weighted by Crippen LogP contribution is 2.18. The van der Waals surface area contributed by atoms with Crippen molar-refractivity contribution >= 4 is 33.3 Å². The van der Waals surface area contributed by atoms with E-state index >= 15 is 0 Å². The fourth-order valence-corrected chi connectivity index (χ4v) is 2.82. The van der Waals surface area contributed by atoms with Gasteiger partial charge < -0.3 is 5.11 Å². The quantitative estimate of drug-likeness (QED) is 0.869. The number of rotatable bonds is 5. The van der Waals surface area contributed by atoms with Crippen molar-refractivity contribution in [1.82, 2.24) is 9.78 Å². The van der Waals surface area contributed by atoms with Crippen LogP contribution in [0.25, 0.3) is 0 Å². The van der Waals surface area contributed by atoms with Crippen LogP contribution in [0.2, 0.25) is 5.02 Å². The first-order valence-electron chi connectivity index (χ1n) is 5.39. The summed E-state index contributed by atoms with van der Waals surface area (Å²) >= 11 is 5.74. The number of nitrogens with zero attached hydrogens (tertiary/aromatic N) is 2. The van der Waals surface area contributed by atoms with Crippen molar-refractivity contribution in [3.63, 3.8) is 0 Å². The molecule has 0 bridgehead atoms. The van der Waals surface area contributed by atoms with Crippen LogP contribution in [0.4, 0.5) is 5.69 Å². The van der Waals surface area contributed by atoms with Crippen LogP contribution in [0, 0.1) is 0 Å². The van der Waals surface area contributed by atoms with Gasteiger partial charge in [-0.1, -0.05) is 17.7 Å². The highest BCUT2D eigenvalue weighted by molar-refractivity contribution is 7.92. The predicted octanol–water partition coefficient (Wildman–Crippen LogP) is 1.42. The van der Waals surface area contributed by atoms with Gasteiger partial charge in [-0.05, 0) is 18.2 Å². The molecule has 0 radical (unpaired) electrons. The van der Waals surface area contributed by atoms with E-state index in [-0.39, 0.29) is 17.1 Å². The highest BCUT2D eigenvalue weighted by atomic mass is 35.5. The van der Waals surface area contributed by atoms with Crippen molar-refractivity contribution in [3.05, 3.63) is 41.7 Å². The molecule has 0 aliphatic heterocycles. The average Bonchev–Trinajstić information content (AvgIpc) is 2.74. The molecule has 7 nitrogen and oxygen atoms in total. The van der Waals surface area contributed by atoms with Crippen LogP contribution in [0.15, 0.2) is 41.6 Å². The molecule has 0 atom stereocenters. The maximum Gasteiger partial charge on any atom is 0.325 e. The van der Waals surface area contributed by atoms with Crippen LogP contribution >= 0.6 is 11.6 Å². The summed E-state index contributed by atoms with van der Waals surface area (Å²) in [6, 6.07) is 5.79. The van der Waals surface area contributed by atoms with Gasteiger partial charge in [0.1, 0.15) is 6.54 Å². The van der Waals surface area contributed by atoms with Crippen LogP contribution in [-0.4, -0.2) is 29.3 Å². The molecule has 0 saturated carbocycles. The first kappa shape index (κ1) is 14.4. The molecule has 0 aliphatic rings. The zero-order chi connectivity index (χ0) is 14.8. The Morgan fingerprint density at radius 3 is 2.85 bits per heavy atom. The molecule has 9 heteroatoms. The number of sulfonamides is 1. The van der Waals surface area contributed by atoms with Crippen molar-refractivity contribution in [2.75, 3.05) is 4.72 Å². The van der Waals surface area contributed by atoms with E-state index in [0.29, 0.717) is 5.02 Å². The van der Waals surface area contributed by atoms with Crippen molar-refractivity contribution in [3.8, 4) is 0 Å². The molecule has 106 valence electrons. The predicted molar refractivity (Wildman–Crippen MR) is 72.1 cm³/mol. The van der Waals surface area contributed by atoms with Crippen molar-refractivity contribution in [2.45, 2.75) is 11.4 Å². The minimum atomic E-state index is -3.79. The first-order valence-corrected chi connectivity index (χ1v) is 7.25. The summed E-state index contributed by atoms with van der Waals surface area (Å²) in [5.74, 6) is -1.07. The molecule has 0 spiro atoms. The van der Waals surface area contributed by atoms with E-state index in [0.717, 1.165) is 4.68 Å². The maximum atomic E-state index is 12.1. The summed E-state index contributed by atoms with van der Waals surface area (Å²) in [6.07, 6.45) is 2.52. The van der Waals surface area contributed by atoms with Gasteiger partial charge in [0.2, 0.25) is 0 Å². The van der Waals surface area contributed by atoms with Crippen LogP contribution in [-0.2, 0) is 21.4 Å². The van der Waals surface area contributed by atoms with Gasteiger partial charge >= 0.3 is 5.97 Å². The number of hydrogen-bond donors (Lipinski definition) is 2. The molecule has 0 aliphatic carbocycles. The topological polar surface area (TPSA) is 101 Å². The molecule has 0 amide bonds. The van der Waals surface area contributed by atoms with E-state index in [2.05, 4.69) is 9.82 Å².